The molecule has 0 radical (unpaired) electrons. The number of carbonyl (C=O) groups is 1. The Hall–Kier alpha value is -1.97. The summed E-state index contributed by atoms with van der Waals surface area (Å²) in [6.07, 6.45) is 0.684. The molecule has 2 aliphatic heterocycles. The molecule has 8 heteroatoms. The van der Waals surface area contributed by atoms with Gasteiger partial charge in [0.05, 0.1) is 12.6 Å². The molecule has 158 valence electrons. The number of aromatic nitrogens is 1. The summed E-state index contributed by atoms with van der Waals surface area (Å²) in [6.45, 7) is 9.33. The van der Waals surface area contributed by atoms with Gasteiger partial charge in [-0.25, -0.2) is 4.79 Å². The molecule has 0 saturated carbocycles. The molecule has 0 spiro atoms. The van der Waals surface area contributed by atoms with Gasteiger partial charge < -0.3 is 24.8 Å². The van der Waals surface area contributed by atoms with Crippen molar-refractivity contribution in [3.8, 4) is 0 Å². The standard InChI is InChI=1S/C21H29N5O2.HI/c1-21(2,3)28-20(27)25-10-11-26-17(14-25)13-23-19(26)22-9-8-16-12-15-6-4-5-7-18(15)24-16;/h4-7,12,17,24H,8-11,13-14H2,1-3H3,(H,22,23);1H. The molecule has 1 atom stereocenters. The van der Waals surface area contributed by atoms with Crippen LogP contribution in [0.3, 0.4) is 0 Å². The fraction of sp³-hybridized carbons (Fsp3) is 0.524. The van der Waals surface area contributed by atoms with E-state index in [0.717, 1.165) is 25.5 Å². The van der Waals surface area contributed by atoms with E-state index >= 15 is 0 Å². The predicted octanol–water partition coefficient (Wildman–Crippen LogP) is 3.21. The Kier molecular flexibility index (Phi) is 6.60. The summed E-state index contributed by atoms with van der Waals surface area (Å²) in [6, 6.07) is 10.8. The molecule has 1 aromatic heterocycles. The Labute approximate surface area is 188 Å². The number of hydrogen-bond donors (Lipinski definition) is 2. The molecule has 7 nitrogen and oxygen atoms in total. The first kappa shape index (κ1) is 21.7. The van der Waals surface area contributed by atoms with Crippen molar-refractivity contribution in [1.29, 1.82) is 0 Å². The highest BCUT2D eigenvalue weighted by molar-refractivity contribution is 14.0. The van der Waals surface area contributed by atoms with E-state index in [9.17, 15) is 4.79 Å². The number of H-pyrrole nitrogens is 1. The zero-order valence-electron chi connectivity index (χ0n) is 17.3. The van der Waals surface area contributed by atoms with Gasteiger partial charge in [0, 0.05) is 43.8 Å². The maximum absolute atomic E-state index is 12.3. The maximum atomic E-state index is 12.3. The van der Waals surface area contributed by atoms with Crippen LogP contribution in [0.15, 0.2) is 35.3 Å². The van der Waals surface area contributed by atoms with Crippen molar-refractivity contribution in [1.82, 2.24) is 20.1 Å². The number of amides is 1. The molecule has 1 fully saturated rings. The SMILES string of the molecule is CC(C)(C)OC(=O)N1CCN2C(NCCc3cc4ccccc4[nH]3)=NCC2C1.I. The van der Waals surface area contributed by atoms with E-state index in [4.69, 9.17) is 4.74 Å². The topological polar surface area (TPSA) is 73.0 Å². The van der Waals surface area contributed by atoms with Crippen LogP contribution in [0.1, 0.15) is 26.5 Å². The summed E-state index contributed by atoms with van der Waals surface area (Å²) < 4.78 is 5.50. The van der Waals surface area contributed by atoms with Crippen LogP contribution < -0.4 is 5.32 Å². The lowest BCUT2D eigenvalue weighted by Crippen LogP contribution is -2.57. The van der Waals surface area contributed by atoms with Crippen LogP contribution in [0.2, 0.25) is 0 Å². The van der Waals surface area contributed by atoms with Gasteiger partial charge in [0.2, 0.25) is 0 Å². The number of aliphatic imine (C=N–C) groups is 1. The van der Waals surface area contributed by atoms with Crippen molar-refractivity contribution in [2.75, 3.05) is 32.7 Å². The molecule has 1 aromatic carbocycles. The third-order valence-electron chi connectivity index (χ3n) is 5.12. The van der Waals surface area contributed by atoms with Crippen molar-refractivity contribution in [3.05, 3.63) is 36.0 Å². The molecule has 2 aliphatic rings. The highest BCUT2D eigenvalue weighted by atomic mass is 127. The van der Waals surface area contributed by atoms with Gasteiger partial charge in [-0.1, -0.05) is 18.2 Å². The largest absolute Gasteiger partial charge is 0.444 e. The minimum atomic E-state index is -0.463. The van der Waals surface area contributed by atoms with Gasteiger partial charge in [-0.05, 0) is 38.3 Å². The van der Waals surface area contributed by atoms with E-state index in [2.05, 4.69) is 44.5 Å². The van der Waals surface area contributed by atoms with E-state index in [1.807, 2.05) is 26.8 Å². The number of fused-ring (bicyclic) bond motifs is 2. The summed E-state index contributed by atoms with van der Waals surface area (Å²) in [5, 5.41) is 4.72. The lowest BCUT2D eigenvalue weighted by Gasteiger charge is -2.39. The van der Waals surface area contributed by atoms with E-state index in [1.165, 1.54) is 16.6 Å². The highest BCUT2D eigenvalue weighted by Gasteiger charge is 2.36. The average molecular weight is 511 g/mol. The first-order valence-corrected chi connectivity index (χ1v) is 9.98. The van der Waals surface area contributed by atoms with E-state index < -0.39 is 5.60 Å². The first-order chi connectivity index (χ1) is 13.4. The number of hydrogen-bond acceptors (Lipinski definition) is 5. The number of halogens is 1. The molecule has 1 amide bonds. The van der Waals surface area contributed by atoms with Gasteiger partial charge in [-0.2, -0.15) is 0 Å². The zero-order chi connectivity index (χ0) is 19.7. The molecule has 3 heterocycles. The molecule has 2 N–H and O–H groups in total. The number of piperazine rings is 1. The molecule has 4 rings (SSSR count). The zero-order valence-corrected chi connectivity index (χ0v) is 19.6. The van der Waals surface area contributed by atoms with Crippen molar-refractivity contribution in [2.24, 2.45) is 4.99 Å². The number of rotatable bonds is 3. The number of ether oxygens (including phenoxy) is 1. The van der Waals surface area contributed by atoms with Crippen LogP contribution in [0.5, 0.6) is 0 Å². The molecular weight excluding hydrogens is 481 g/mol. The van der Waals surface area contributed by atoms with Crippen LogP contribution in [0.4, 0.5) is 4.79 Å². The molecule has 0 bridgehead atoms. The fourth-order valence-corrected chi connectivity index (χ4v) is 3.80. The molecular formula is C21H30IN5O2. The summed E-state index contributed by atoms with van der Waals surface area (Å²) in [4.78, 5) is 24.5. The lowest BCUT2D eigenvalue weighted by atomic mass is 10.2. The van der Waals surface area contributed by atoms with Gasteiger partial charge in [0.1, 0.15) is 5.60 Å². The number of benzene rings is 1. The van der Waals surface area contributed by atoms with Gasteiger partial charge in [-0.15, -0.1) is 24.0 Å². The van der Waals surface area contributed by atoms with Crippen LogP contribution in [0.25, 0.3) is 10.9 Å². The second-order valence-corrected chi connectivity index (χ2v) is 8.50. The maximum Gasteiger partial charge on any atom is 0.410 e. The Morgan fingerprint density at radius 3 is 2.86 bits per heavy atom. The number of carbonyl (C=O) groups excluding carboxylic acids is 1. The van der Waals surface area contributed by atoms with Crippen molar-refractivity contribution in [2.45, 2.75) is 38.8 Å². The second kappa shape index (κ2) is 8.81. The minimum Gasteiger partial charge on any atom is -0.444 e. The Morgan fingerprint density at radius 1 is 1.31 bits per heavy atom. The predicted molar refractivity (Wildman–Crippen MR) is 126 cm³/mol. The number of para-hydroxylation sites is 1. The minimum absolute atomic E-state index is 0. The van der Waals surface area contributed by atoms with E-state index in [0.29, 0.717) is 19.6 Å². The van der Waals surface area contributed by atoms with E-state index in [1.54, 1.807) is 4.90 Å². The van der Waals surface area contributed by atoms with Crippen LogP contribution >= 0.6 is 24.0 Å². The monoisotopic (exact) mass is 511 g/mol. The quantitative estimate of drug-likeness (QED) is 0.621. The van der Waals surface area contributed by atoms with Gasteiger partial charge in [-0.3, -0.25) is 4.99 Å². The third-order valence-corrected chi connectivity index (χ3v) is 5.12. The normalized spacial score (nSPS) is 18.9. The summed E-state index contributed by atoms with van der Waals surface area (Å²) >= 11 is 0. The number of aromatic amines is 1. The smallest absolute Gasteiger partial charge is 0.410 e. The molecule has 1 saturated heterocycles. The Morgan fingerprint density at radius 2 is 2.10 bits per heavy atom. The van der Waals surface area contributed by atoms with Crippen LogP contribution in [0, 0.1) is 0 Å². The Balaban J connectivity index is 0.00000240. The molecule has 0 aliphatic carbocycles. The lowest BCUT2D eigenvalue weighted by molar-refractivity contribution is 0.0137. The van der Waals surface area contributed by atoms with Crippen molar-refractivity contribution < 1.29 is 9.53 Å². The van der Waals surface area contributed by atoms with Gasteiger partial charge in [0.25, 0.3) is 0 Å². The van der Waals surface area contributed by atoms with Crippen LogP contribution in [-0.2, 0) is 11.2 Å². The van der Waals surface area contributed by atoms with Crippen molar-refractivity contribution >= 4 is 46.9 Å². The van der Waals surface area contributed by atoms with Crippen molar-refractivity contribution in [3.63, 3.8) is 0 Å². The van der Waals surface area contributed by atoms with Crippen LogP contribution in [-0.4, -0.2) is 71.2 Å². The fourth-order valence-electron chi connectivity index (χ4n) is 3.80. The van der Waals surface area contributed by atoms with Gasteiger partial charge >= 0.3 is 6.09 Å². The van der Waals surface area contributed by atoms with Gasteiger partial charge in [0.15, 0.2) is 5.96 Å². The van der Waals surface area contributed by atoms with E-state index in [-0.39, 0.29) is 36.1 Å². The molecule has 29 heavy (non-hydrogen) atoms. The Bertz CT molecular complexity index is 856. The molecule has 1 unspecified atom stereocenters. The summed E-state index contributed by atoms with van der Waals surface area (Å²) in [5.41, 5.74) is 1.93. The number of nitrogens with one attached hydrogen (secondary N) is 2. The molecule has 2 aromatic rings. The number of guanidine groups is 1. The summed E-state index contributed by atoms with van der Waals surface area (Å²) in [5.74, 6) is 0.949. The highest BCUT2D eigenvalue weighted by Crippen LogP contribution is 2.19. The number of nitrogens with zero attached hydrogens (tertiary/aromatic N) is 3. The average Bonchev–Trinajstić information content (AvgIpc) is 3.23. The summed E-state index contributed by atoms with van der Waals surface area (Å²) in [7, 11) is 0. The first-order valence-electron chi connectivity index (χ1n) is 9.98. The third kappa shape index (κ3) is 5.15. The second-order valence-electron chi connectivity index (χ2n) is 8.50.